The molecular formula is C17H19N3O3S. The second-order valence-corrected chi connectivity index (χ2v) is 6.84. The Morgan fingerprint density at radius 2 is 2.08 bits per heavy atom. The van der Waals surface area contributed by atoms with Crippen molar-refractivity contribution in [3.8, 4) is 5.75 Å². The number of nitrogens with zero attached hydrogens (tertiary/aromatic N) is 1. The number of carbonyl (C=O) groups excluding carboxylic acids is 2. The molecule has 1 aromatic heterocycles. The van der Waals surface area contributed by atoms with Crippen molar-refractivity contribution in [2.24, 2.45) is 0 Å². The Labute approximate surface area is 144 Å². The van der Waals surface area contributed by atoms with Crippen molar-refractivity contribution in [1.29, 1.82) is 0 Å². The van der Waals surface area contributed by atoms with E-state index in [-0.39, 0.29) is 18.5 Å². The van der Waals surface area contributed by atoms with Crippen molar-refractivity contribution in [1.82, 2.24) is 10.6 Å². The van der Waals surface area contributed by atoms with Gasteiger partial charge in [0.1, 0.15) is 5.75 Å². The number of anilines is 1. The molecule has 0 fully saturated rings. The Balaban J connectivity index is 1.76. The number of likely N-dealkylation sites (N-methyl/N-ethyl adjacent to an activating group) is 1. The molecule has 0 unspecified atom stereocenters. The van der Waals surface area contributed by atoms with E-state index in [2.05, 4.69) is 10.6 Å². The Morgan fingerprint density at radius 1 is 1.29 bits per heavy atom. The summed E-state index contributed by atoms with van der Waals surface area (Å²) >= 11 is 1.65. The summed E-state index contributed by atoms with van der Waals surface area (Å²) < 4.78 is 5.70. The zero-order valence-corrected chi connectivity index (χ0v) is 14.4. The summed E-state index contributed by atoms with van der Waals surface area (Å²) in [4.78, 5) is 28.4. The van der Waals surface area contributed by atoms with E-state index in [9.17, 15) is 9.59 Å². The lowest BCUT2D eigenvalue weighted by Crippen LogP contribution is -2.52. The molecule has 0 radical (unpaired) electrons. The van der Waals surface area contributed by atoms with Crippen LogP contribution in [0.5, 0.6) is 5.75 Å². The predicted molar refractivity (Wildman–Crippen MR) is 93.6 cm³/mol. The Morgan fingerprint density at radius 3 is 2.79 bits per heavy atom. The fourth-order valence-electron chi connectivity index (χ4n) is 2.56. The second kappa shape index (κ2) is 6.92. The largest absolute Gasteiger partial charge is 0.477 e. The molecule has 2 heterocycles. The zero-order valence-electron chi connectivity index (χ0n) is 13.5. The topological polar surface area (TPSA) is 70.7 Å². The van der Waals surface area contributed by atoms with Gasteiger partial charge in [-0.2, -0.15) is 0 Å². The summed E-state index contributed by atoms with van der Waals surface area (Å²) in [5.74, 6) is 0.274. The number of hydrogen-bond acceptors (Lipinski definition) is 4. The fraction of sp³-hybridized carbons (Fsp3) is 0.294. The highest BCUT2D eigenvalue weighted by atomic mass is 32.1. The Kier molecular flexibility index (Phi) is 4.71. The first-order chi connectivity index (χ1) is 11.6. The quantitative estimate of drug-likeness (QED) is 0.897. The first kappa shape index (κ1) is 16.3. The third-order valence-corrected chi connectivity index (χ3v) is 4.77. The molecule has 1 atom stereocenters. The van der Waals surface area contributed by atoms with Gasteiger partial charge in [0.25, 0.3) is 5.91 Å². The predicted octanol–water partition coefficient (Wildman–Crippen LogP) is 2.28. The van der Waals surface area contributed by atoms with Crippen LogP contribution in [0.4, 0.5) is 10.5 Å². The van der Waals surface area contributed by atoms with Crippen LogP contribution in [0.25, 0.3) is 0 Å². The first-order valence-corrected chi connectivity index (χ1v) is 8.48. The fourth-order valence-corrected chi connectivity index (χ4v) is 3.39. The van der Waals surface area contributed by atoms with Gasteiger partial charge in [-0.05, 0) is 31.2 Å². The van der Waals surface area contributed by atoms with Gasteiger partial charge >= 0.3 is 6.03 Å². The lowest BCUT2D eigenvalue weighted by Gasteiger charge is -2.33. The van der Waals surface area contributed by atoms with E-state index in [1.54, 1.807) is 29.4 Å². The van der Waals surface area contributed by atoms with Gasteiger partial charge in [-0.1, -0.05) is 12.1 Å². The molecule has 2 aromatic rings. The number of hydrogen-bond donors (Lipinski definition) is 2. The van der Waals surface area contributed by atoms with Gasteiger partial charge in [0.15, 0.2) is 6.10 Å². The van der Waals surface area contributed by atoms with Gasteiger partial charge in [-0.3, -0.25) is 9.69 Å². The molecule has 1 aliphatic rings. The summed E-state index contributed by atoms with van der Waals surface area (Å²) in [7, 11) is 1.55. The molecule has 0 saturated heterocycles. The van der Waals surface area contributed by atoms with E-state index in [0.717, 1.165) is 4.88 Å². The standard InChI is InChI=1S/C17H19N3O3S/c1-11-7-8-12(24-11)9-19-17(22)20-10-15(16(21)18-2)23-14-6-4-3-5-13(14)20/h3-8,15H,9-10H2,1-2H3,(H,18,21)(H,19,22)/t15-/m0/s1. The van der Waals surface area contributed by atoms with Crippen LogP contribution in [0.2, 0.25) is 0 Å². The van der Waals surface area contributed by atoms with E-state index in [4.69, 9.17) is 4.74 Å². The summed E-state index contributed by atoms with van der Waals surface area (Å²) in [5.41, 5.74) is 0.664. The van der Waals surface area contributed by atoms with Gasteiger partial charge in [0.05, 0.1) is 18.8 Å². The van der Waals surface area contributed by atoms with Crippen molar-refractivity contribution in [3.05, 3.63) is 46.2 Å². The highest BCUT2D eigenvalue weighted by Gasteiger charge is 2.33. The minimum Gasteiger partial charge on any atom is -0.477 e. The lowest BCUT2D eigenvalue weighted by atomic mass is 10.2. The van der Waals surface area contributed by atoms with Gasteiger partial charge < -0.3 is 15.4 Å². The maximum atomic E-state index is 12.6. The zero-order chi connectivity index (χ0) is 17.1. The number of urea groups is 1. The molecule has 24 heavy (non-hydrogen) atoms. The average Bonchev–Trinajstić information content (AvgIpc) is 3.03. The van der Waals surface area contributed by atoms with Crippen LogP contribution in [-0.2, 0) is 11.3 Å². The molecule has 3 amide bonds. The molecule has 3 rings (SSSR count). The number of amides is 3. The smallest absolute Gasteiger partial charge is 0.322 e. The molecule has 0 aliphatic carbocycles. The third kappa shape index (κ3) is 3.35. The lowest BCUT2D eigenvalue weighted by molar-refractivity contribution is -0.127. The molecule has 126 valence electrons. The minimum absolute atomic E-state index is 0.173. The van der Waals surface area contributed by atoms with Crippen molar-refractivity contribution in [2.45, 2.75) is 19.6 Å². The van der Waals surface area contributed by atoms with E-state index < -0.39 is 6.10 Å². The van der Waals surface area contributed by atoms with Gasteiger partial charge in [0.2, 0.25) is 0 Å². The average molecular weight is 345 g/mol. The van der Waals surface area contributed by atoms with Crippen LogP contribution in [-0.4, -0.2) is 31.6 Å². The maximum Gasteiger partial charge on any atom is 0.322 e. The van der Waals surface area contributed by atoms with Crippen molar-refractivity contribution < 1.29 is 14.3 Å². The molecule has 1 aromatic carbocycles. The Hall–Kier alpha value is -2.54. The normalized spacial score (nSPS) is 16.1. The number of para-hydroxylation sites is 2. The van der Waals surface area contributed by atoms with Crippen LogP contribution in [0.1, 0.15) is 9.75 Å². The number of nitrogens with one attached hydrogen (secondary N) is 2. The molecule has 7 heteroatoms. The molecule has 0 bridgehead atoms. The molecule has 0 spiro atoms. The minimum atomic E-state index is -0.723. The SMILES string of the molecule is CNC(=O)[C@@H]1CN(C(=O)NCc2ccc(C)s2)c2ccccc2O1. The van der Waals surface area contributed by atoms with Crippen molar-refractivity contribution in [2.75, 3.05) is 18.5 Å². The van der Waals surface area contributed by atoms with E-state index in [0.29, 0.717) is 18.0 Å². The second-order valence-electron chi connectivity index (χ2n) is 5.47. The van der Waals surface area contributed by atoms with Crippen LogP contribution in [0.15, 0.2) is 36.4 Å². The number of benzene rings is 1. The molecule has 6 nitrogen and oxygen atoms in total. The molecule has 0 saturated carbocycles. The first-order valence-electron chi connectivity index (χ1n) is 7.66. The highest BCUT2D eigenvalue weighted by Crippen LogP contribution is 2.33. The number of aryl methyl sites for hydroxylation is 1. The highest BCUT2D eigenvalue weighted by molar-refractivity contribution is 7.11. The van der Waals surface area contributed by atoms with Gasteiger partial charge in [-0.15, -0.1) is 11.3 Å². The van der Waals surface area contributed by atoms with Gasteiger partial charge in [-0.25, -0.2) is 4.79 Å². The summed E-state index contributed by atoms with van der Waals surface area (Å²) in [6.45, 7) is 2.66. The van der Waals surface area contributed by atoms with E-state index >= 15 is 0 Å². The van der Waals surface area contributed by atoms with Crippen LogP contribution >= 0.6 is 11.3 Å². The van der Waals surface area contributed by atoms with Gasteiger partial charge in [0, 0.05) is 16.8 Å². The third-order valence-electron chi connectivity index (χ3n) is 3.77. The monoisotopic (exact) mass is 345 g/mol. The number of rotatable bonds is 3. The van der Waals surface area contributed by atoms with Crippen LogP contribution < -0.4 is 20.3 Å². The Bertz CT molecular complexity index is 759. The molecule has 1 aliphatic heterocycles. The van der Waals surface area contributed by atoms with E-state index in [1.807, 2.05) is 37.3 Å². The summed E-state index contributed by atoms with van der Waals surface area (Å²) in [6.07, 6.45) is -0.723. The van der Waals surface area contributed by atoms with Crippen LogP contribution in [0, 0.1) is 6.92 Å². The number of carbonyl (C=O) groups is 2. The molecule has 2 N–H and O–H groups in total. The molecular weight excluding hydrogens is 326 g/mol. The summed E-state index contributed by atoms with van der Waals surface area (Å²) in [6, 6.07) is 11.0. The van der Waals surface area contributed by atoms with Crippen molar-refractivity contribution >= 4 is 29.0 Å². The van der Waals surface area contributed by atoms with E-state index in [1.165, 1.54) is 4.88 Å². The number of ether oxygens (including phenoxy) is 1. The number of thiophene rings is 1. The maximum absolute atomic E-state index is 12.6. The summed E-state index contributed by atoms with van der Waals surface area (Å²) in [5, 5.41) is 5.48. The van der Waals surface area contributed by atoms with Crippen molar-refractivity contribution in [3.63, 3.8) is 0 Å². The van der Waals surface area contributed by atoms with Crippen LogP contribution in [0.3, 0.4) is 0 Å². The number of fused-ring (bicyclic) bond motifs is 1.